The summed E-state index contributed by atoms with van der Waals surface area (Å²) in [5.74, 6) is 5.69. The zero-order valence-corrected chi connectivity index (χ0v) is 19.5. The highest BCUT2D eigenvalue weighted by atomic mass is 16.3. The fourth-order valence-electron chi connectivity index (χ4n) is 3.40. The molecule has 0 heterocycles. The van der Waals surface area contributed by atoms with E-state index in [1.54, 1.807) is 24.3 Å². The van der Waals surface area contributed by atoms with Gasteiger partial charge >= 0.3 is 0 Å². The lowest BCUT2D eigenvalue weighted by molar-refractivity contribution is -0.124. The van der Waals surface area contributed by atoms with Gasteiger partial charge in [0.05, 0.1) is 0 Å². The molecule has 1 fully saturated rings. The average molecular weight is 475 g/mol. The van der Waals surface area contributed by atoms with Crippen molar-refractivity contribution in [3.05, 3.63) is 65.2 Å². The van der Waals surface area contributed by atoms with Crippen LogP contribution in [-0.2, 0) is 9.59 Å². The molecule has 9 heteroatoms. The van der Waals surface area contributed by atoms with Crippen molar-refractivity contribution >= 4 is 23.3 Å². The summed E-state index contributed by atoms with van der Waals surface area (Å²) < 4.78 is 0. The van der Waals surface area contributed by atoms with E-state index < -0.39 is 30.4 Å². The summed E-state index contributed by atoms with van der Waals surface area (Å²) in [5.41, 5.74) is 9.33. The van der Waals surface area contributed by atoms with E-state index in [0.29, 0.717) is 17.5 Å². The van der Waals surface area contributed by atoms with Crippen molar-refractivity contribution in [3.8, 4) is 11.8 Å². The molecular weight excluding hydrogens is 446 g/mol. The number of aliphatic hydroxyl groups excluding tert-OH is 1. The number of carbonyl (C=O) groups excluding carboxylic acids is 3. The smallest absolute Gasteiger partial charge is 0.251 e. The van der Waals surface area contributed by atoms with Gasteiger partial charge in [-0.2, -0.15) is 0 Å². The minimum Gasteiger partial charge on any atom is -0.388 e. The van der Waals surface area contributed by atoms with Crippen LogP contribution in [0.4, 0.5) is 5.69 Å². The van der Waals surface area contributed by atoms with E-state index in [4.69, 9.17) is 10.6 Å². The van der Waals surface area contributed by atoms with Gasteiger partial charge in [0.2, 0.25) is 10.8 Å². The zero-order valence-electron chi connectivity index (χ0n) is 19.5. The summed E-state index contributed by atoms with van der Waals surface area (Å²) in [6.45, 7) is 0.760. The van der Waals surface area contributed by atoms with Gasteiger partial charge < -0.3 is 15.7 Å². The van der Waals surface area contributed by atoms with E-state index in [1.165, 1.54) is 19.8 Å². The van der Waals surface area contributed by atoms with Gasteiger partial charge in [0.25, 0.3) is 5.91 Å². The van der Waals surface area contributed by atoms with Crippen molar-refractivity contribution in [2.75, 3.05) is 11.9 Å². The van der Waals surface area contributed by atoms with Crippen LogP contribution in [0, 0.1) is 23.3 Å². The number of anilines is 1. The predicted octanol–water partition coefficient (Wildman–Crippen LogP) is 2.81. The van der Waals surface area contributed by atoms with E-state index in [2.05, 4.69) is 32.5 Å². The number of benzene rings is 2. The van der Waals surface area contributed by atoms with Crippen molar-refractivity contribution in [1.29, 1.82) is 5.53 Å². The van der Waals surface area contributed by atoms with Gasteiger partial charge in [-0.25, -0.2) is 0 Å². The highest BCUT2D eigenvalue weighted by Crippen LogP contribution is 2.33. The summed E-state index contributed by atoms with van der Waals surface area (Å²) in [7, 11) is 0. The van der Waals surface area contributed by atoms with Crippen molar-refractivity contribution in [1.82, 2.24) is 10.2 Å². The first kappa shape index (κ1) is 25.5. The normalized spacial score (nSPS) is 13.9. The van der Waals surface area contributed by atoms with Gasteiger partial charge in [-0.3, -0.25) is 14.4 Å². The topological polar surface area (TPSA) is 146 Å². The Morgan fingerprint density at radius 3 is 2.23 bits per heavy atom. The second kappa shape index (κ2) is 12.4. The highest BCUT2D eigenvalue weighted by molar-refractivity contribution is 5.98. The van der Waals surface area contributed by atoms with Crippen LogP contribution in [0.2, 0.25) is 0 Å². The van der Waals surface area contributed by atoms with Crippen LogP contribution >= 0.6 is 0 Å². The first-order valence-corrected chi connectivity index (χ1v) is 11.4. The van der Waals surface area contributed by atoms with Gasteiger partial charge in [-0.15, -0.1) is 0 Å². The van der Waals surface area contributed by atoms with E-state index in [0.717, 1.165) is 23.6 Å². The Morgan fingerprint density at radius 1 is 1.09 bits per heavy atom. The summed E-state index contributed by atoms with van der Waals surface area (Å²) in [6.07, 6.45) is 3.98. The van der Waals surface area contributed by atoms with E-state index in [1.807, 2.05) is 24.3 Å². The van der Waals surface area contributed by atoms with E-state index in [-0.39, 0.29) is 5.91 Å². The molecule has 0 radical (unpaired) electrons. The molecule has 1 aliphatic rings. The summed E-state index contributed by atoms with van der Waals surface area (Å²) in [5, 5.41) is 18.1. The fourth-order valence-corrected chi connectivity index (χ4v) is 3.40. The third kappa shape index (κ3) is 8.00. The maximum absolute atomic E-state index is 12.5. The molecule has 0 unspecified atom stereocenters. The second-order valence-corrected chi connectivity index (χ2v) is 8.47. The molecule has 0 saturated heterocycles. The molecule has 9 nitrogen and oxygen atoms in total. The lowest BCUT2D eigenvalue weighted by atomic mass is 10.0. The van der Waals surface area contributed by atoms with Crippen LogP contribution in [0.1, 0.15) is 54.1 Å². The standard InChI is InChI=1S/C26H27N5O4/c1-17(30-31-27)25(23(33)16-32)29-26(35)21-11-6-19(7-12-21)4-5-20-8-13-22(14-9-20)28-24(34)15-10-18-2-3-18/h6-9,11-14,17-18,25,27,32H,2-3,10,15-16H2,1H3,(H-,28,29,34,35)/p+1/t17-,25+/m1/s1. The first-order valence-electron chi connectivity index (χ1n) is 11.4. The Labute approximate surface area is 203 Å². The molecule has 0 aliphatic heterocycles. The van der Waals surface area contributed by atoms with Crippen LogP contribution in [0.5, 0.6) is 0 Å². The van der Waals surface area contributed by atoms with Gasteiger partial charge in [-0.05, 0) is 67.8 Å². The molecule has 0 spiro atoms. The number of Topliss-reactive ketones (excluding diaryl/α,β-unsaturated/α-hetero) is 1. The first-order chi connectivity index (χ1) is 16.9. The molecular formula is C26H28N5O4+. The molecule has 0 aromatic heterocycles. The van der Waals surface area contributed by atoms with Crippen molar-refractivity contribution in [2.24, 2.45) is 11.0 Å². The third-order valence-corrected chi connectivity index (χ3v) is 5.66. The Kier molecular flexibility index (Phi) is 9.02. The van der Waals surface area contributed by atoms with Crippen LogP contribution < -0.4 is 15.5 Å². The number of hydrogen-bond donors (Lipinski definition) is 4. The SMILES string of the molecule is C[C@@H](N=[N+]=N)[C@H](NC(=O)c1ccc(C#Cc2ccc(NC(=O)CCC3CC3)cc2)cc1)C(=O)CO. The number of ketones is 1. The number of aliphatic hydroxyl groups is 1. The monoisotopic (exact) mass is 474 g/mol. The molecule has 2 aromatic rings. The third-order valence-electron chi connectivity index (χ3n) is 5.66. The Morgan fingerprint density at radius 2 is 1.69 bits per heavy atom. The maximum atomic E-state index is 12.5. The molecule has 1 saturated carbocycles. The lowest BCUT2D eigenvalue weighted by Crippen LogP contribution is -2.48. The molecule has 35 heavy (non-hydrogen) atoms. The number of rotatable bonds is 10. The van der Waals surface area contributed by atoms with Crippen LogP contribution in [-0.4, -0.2) is 41.4 Å². The molecule has 2 amide bonds. The summed E-state index contributed by atoms with van der Waals surface area (Å²) >= 11 is 0. The van der Waals surface area contributed by atoms with Gasteiger partial charge in [0, 0.05) is 28.8 Å². The fraction of sp³-hybridized carbons (Fsp3) is 0.346. The van der Waals surface area contributed by atoms with E-state index in [9.17, 15) is 14.4 Å². The molecule has 2 atom stereocenters. The maximum Gasteiger partial charge on any atom is 0.251 e. The number of carbonyl (C=O) groups is 3. The molecule has 1 aliphatic carbocycles. The molecule has 180 valence electrons. The van der Waals surface area contributed by atoms with Crippen LogP contribution in [0.25, 0.3) is 0 Å². The molecule has 2 aromatic carbocycles. The lowest BCUT2D eigenvalue weighted by Gasteiger charge is -2.17. The second-order valence-electron chi connectivity index (χ2n) is 8.47. The highest BCUT2D eigenvalue weighted by Gasteiger charge is 2.29. The van der Waals surface area contributed by atoms with Crippen LogP contribution in [0.15, 0.2) is 53.6 Å². The van der Waals surface area contributed by atoms with Crippen molar-refractivity contribution in [2.45, 2.75) is 44.7 Å². The number of nitrogens with one attached hydrogen (secondary N) is 3. The van der Waals surface area contributed by atoms with Gasteiger partial charge in [-0.1, -0.05) is 24.7 Å². The quantitative estimate of drug-likeness (QED) is 0.238. The molecule has 0 bridgehead atoms. The van der Waals surface area contributed by atoms with Gasteiger partial charge in [0.15, 0.2) is 11.8 Å². The van der Waals surface area contributed by atoms with E-state index >= 15 is 0 Å². The number of hydrogen-bond acceptors (Lipinski definition) is 6. The minimum absolute atomic E-state index is 0.0298. The summed E-state index contributed by atoms with van der Waals surface area (Å²) in [6, 6.07) is 12.0. The molecule has 3 rings (SSSR count). The van der Waals surface area contributed by atoms with Crippen LogP contribution in [0.3, 0.4) is 0 Å². The van der Waals surface area contributed by atoms with Gasteiger partial charge in [0.1, 0.15) is 23.3 Å². The Hall–Kier alpha value is -4.12. The minimum atomic E-state index is -1.09. The predicted molar refractivity (Wildman–Crippen MR) is 130 cm³/mol. The zero-order chi connectivity index (χ0) is 25.2. The number of amides is 2. The van der Waals surface area contributed by atoms with Crippen molar-refractivity contribution < 1.29 is 19.5 Å². The number of nitrogens with zero attached hydrogens (tertiary/aromatic N) is 2. The molecule has 4 N–H and O–H groups in total. The average Bonchev–Trinajstić information content (AvgIpc) is 3.70. The van der Waals surface area contributed by atoms with Crippen molar-refractivity contribution in [3.63, 3.8) is 0 Å². The Bertz CT molecular complexity index is 1170. The summed E-state index contributed by atoms with van der Waals surface area (Å²) in [4.78, 5) is 39.3. The Balaban J connectivity index is 1.57. The largest absolute Gasteiger partial charge is 0.388 e.